The second kappa shape index (κ2) is 5.21. The standard InChI is InChI=1S/C9H9ClN2O3/c10-6-2-1-3-7(4-6)12-8(13)5-11-9(14)15/h1-4,11H,5H2,(H,12,13)(H,14,15). The Hall–Kier alpha value is -1.75. The Morgan fingerprint density at radius 1 is 1.40 bits per heavy atom. The summed E-state index contributed by atoms with van der Waals surface area (Å²) in [5.41, 5.74) is 0.527. The number of rotatable bonds is 3. The zero-order valence-corrected chi connectivity index (χ0v) is 8.41. The molecule has 0 aromatic heterocycles. The Kier molecular flexibility index (Phi) is 3.93. The molecule has 1 rings (SSSR count). The van der Waals surface area contributed by atoms with Crippen LogP contribution in [0.2, 0.25) is 5.02 Å². The molecule has 15 heavy (non-hydrogen) atoms. The predicted octanol–water partition coefficient (Wildman–Crippen LogP) is 1.55. The Balaban J connectivity index is 2.48. The summed E-state index contributed by atoms with van der Waals surface area (Å²) < 4.78 is 0. The minimum absolute atomic E-state index is 0.290. The van der Waals surface area contributed by atoms with Crippen LogP contribution in [0, 0.1) is 0 Å². The molecule has 0 saturated carbocycles. The Bertz CT molecular complexity index is 381. The van der Waals surface area contributed by atoms with Gasteiger partial charge in [-0.1, -0.05) is 17.7 Å². The molecule has 0 fully saturated rings. The van der Waals surface area contributed by atoms with E-state index in [-0.39, 0.29) is 6.54 Å². The van der Waals surface area contributed by atoms with Gasteiger partial charge in [0.2, 0.25) is 5.91 Å². The van der Waals surface area contributed by atoms with Gasteiger partial charge in [0.05, 0.1) is 0 Å². The van der Waals surface area contributed by atoms with E-state index in [9.17, 15) is 9.59 Å². The van der Waals surface area contributed by atoms with Crippen molar-refractivity contribution >= 4 is 29.3 Å². The van der Waals surface area contributed by atoms with Crippen LogP contribution in [-0.2, 0) is 4.79 Å². The zero-order chi connectivity index (χ0) is 11.3. The van der Waals surface area contributed by atoms with Crippen molar-refractivity contribution in [3.63, 3.8) is 0 Å². The minimum Gasteiger partial charge on any atom is -0.465 e. The summed E-state index contributed by atoms with van der Waals surface area (Å²) in [6, 6.07) is 6.58. The van der Waals surface area contributed by atoms with Crippen LogP contribution >= 0.6 is 11.6 Å². The van der Waals surface area contributed by atoms with E-state index < -0.39 is 12.0 Å². The summed E-state index contributed by atoms with van der Waals surface area (Å²) in [6.07, 6.45) is -1.24. The summed E-state index contributed by atoms with van der Waals surface area (Å²) in [4.78, 5) is 21.2. The second-order valence-corrected chi connectivity index (χ2v) is 3.15. The van der Waals surface area contributed by atoms with Crippen molar-refractivity contribution in [3.05, 3.63) is 29.3 Å². The van der Waals surface area contributed by atoms with E-state index in [1.54, 1.807) is 24.3 Å². The molecule has 80 valence electrons. The van der Waals surface area contributed by atoms with Gasteiger partial charge in [0.25, 0.3) is 0 Å². The summed E-state index contributed by atoms with van der Waals surface area (Å²) in [6.45, 7) is -0.290. The molecule has 0 heterocycles. The fourth-order valence-corrected chi connectivity index (χ4v) is 1.12. The first-order valence-corrected chi connectivity index (χ1v) is 4.48. The monoisotopic (exact) mass is 228 g/mol. The number of carbonyl (C=O) groups is 2. The molecular weight excluding hydrogens is 220 g/mol. The lowest BCUT2D eigenvalue weighted by atomic mass is 10.3. The summed E-state index contributed by atoms with van der Waals surface area (Å²) in [7, 11) is 0. The number of amides is 2. The largest absolute Gasteiger partial charge is 0.465 e. The van der Waals surface area contributed by atoms with Crippen molar-refractivity contribution in [2.45, 2.75) is 0 Å². The van der Waals surface area contributed by atoms with Gasteiger partial charge in [-0.2, -0.15) is 0 Å². The van der Waals surface area contributed by atoms with Gasteiger partial charge in [0.1, 0.15) is 6.54 Å². The molecular formula is C9H9ClN2O3. The molecule has 1 aromatic rings. The molecule has 0 aliphatic heterocycles. The van der Waals surface area contributed by atoms with E-state index in [0.29, 0.717) is 10.7 Å². The number of carbonyl (C=O) groups excluding carboxylic acids is 1. The van der Waals surface area contributed by atoms with Gasteiger partial charge < -0.3 is 15.7 Å². The number of anilines is 1. The summed E-state index contributed by atoms with van der Waals surface area (Å²) in [5.74, 6) is -0.445. The van der Waals surface area contributed by atoms with Crippen molar-refractivity contribution in [3.8, 4) is 0 Å². The lowest BCUT2D eigenvalue weighted by molar-refractivity contribution is -0.115. The number of hydrogen-bond donors (Lipinski definition) is 3. The number of carboxylic acid groups (broad SMARTS) is 1. The lowest BCUT2D eigenvalue weighted by Crippen LogP contribution is -2.31. The normalized spacial score (nSPS) is 9.40. The van der Waals surface area contributed by atoms with Crippen LogP contribution in [0.4, 0.5) is 10.5 Å². The number of benzene rings is 1. The van der Waals surface area contributed by atoms with Crippen molar-refractivity contribution < 1.29 is 14.7 Å². The van der Waals surface area contributed by atoms with Gasteiger partial charge >= 0.3 is 6.09 Å². The SMILES string of the molecule is O=C(O)NCC(=O)Nc1cccc(Cl)c1. The maximum atomic E-state index is 11.1. The third kappa shape index (κ3) is 4.33. The second-order valence-electron chi connectivity index (χ2n) is 2.72. The van der Waals surface area contributed by atoms with Crippen molar-refractivity contribution in [1.82, 2.24) is 5.32 Å². The molecule has 1 aromatic carbocycles. The Labute approximate surface area is 91.0 Å². The van der Waals surface area contributed by atoms with Crippen LogP contribution in [0.5, 0.6) is 0 Å². The first kappa shape index (κ1) is 11.3. The maximum Gasteiger partial charge on any atom is 0.405 e. The van der Waals surface area contributed by atoms with Crippen molar-refractivity contribution in [2.75, 3.05) is 11.9 Å². The molecule has 0 saturated heterocycles. The highest BCUT2D eigenvalue weighted by molar-refractivity contribution is 6.30. The first-order chi connectivity index (χ1) is 7.08. The first-order valence-electron chi connectivity index (χ1n) is 4.10. The Morgan fingerprint density at radius 3 is 2.73 bits per heavy atom. The average Bonchev–Trinajstić information content (AvgIpc) is 2.15. The topological polar surface area (TPSA) is 78.4 Å². The molecule has 0 aliphatic rings. The molecule has 0 radical (unpaired) electrons. The molecule has 5 nitrogen and oxygen atoms in total. The van der Waals surface area contributed by atoms with Crippen LogP contribution in [0.3, 0.4) is 0 Å². The fraction of sp³-hybridized carbons (Fsp3) is 0.111. The van der Waals surface area contributed by atoms with Gasteiger partial charge in [0, 0.05) is 10.7 Å². The highest BCUT2D eigenvalue weighted by atomic mass is 35.5. The zero-order valence-electron chi connectivity index (χ0n) is 7.66. The Morgan fingerprint density at radius 2 is 2.13 bits per heavy atom. The maximum absolute atomic E-state index is 11.1. The number of hydrogen-bond acceptors (Lipinski definition) is 2. The van der Waals surface area contributed by atoms with Crippen molar-refractivity contribution in [2.24, 2.45) is 0 Å². The van der Waals surface area contributed by atoms with Crippen LogP contribution in [-0.4, -0.2) is 23.7 Å². The molecule has 0 atom stereocenters. The summed E-state index contributed by atoms with van der Waals surface area (Å²) >= 11 is 5.69. The van der Waals surface area contributed by atoms with Crippen molar-refractivity contribution in [1.29, 1.82) is 0 Å². The van der Waals surface area contributed by atoms with Gasteiger partial charge in [-0.3, -0.25) is 4.79 Å². The molecule has 0 bridgehead atoms. The van der Waals surface area contributed by atoms with Gasteiger partial charge in [-0.15, -0.1) is 0 Å². The molecule has 2 amide bonds. The van der Waals surface area contributed by atoms with E-state index >= 15 is 0 Å². The van der Waals surface area contributed by atoms with Gasteiger partial charge in [0.15, 0.2) is 0 Å². The molecule has 0 aliphatic carbocycles. The smallest absolute Gasteiger partial charge is 0.405 e. The third-order valence-corrected chi connectivity index (χ3v) is 1.74. The third-order valence-electron chi connectivity index (χ3n) is 1.51. The van der Waals surface area contributed by atoms with Crippen LogP contribution < -0.4 is 10.6 Å². The molecule has 0 spiro atoms. The van der Waals surface area contributed by atoms with E-state index in [4.69, 9.17) is 16.7 Å². The average molecular weight is 229 g/mol. The predicted molar refractivity (Wildman–Crippen MR) is 56.1 cm³/mol. The molecule has 3 N–H and O–H groups in total. The van der Waals surface area contributed by atoms with Gasteiger partial charge in [-0.05, 0) is 18.2 Å². The quantitative estimate of drug-likeness (QED) is 0.734. The number of halogens is 1. The van der Waals surface area contributed by atoms with E-state index in [0.717, 1.165) is 0 Å². The molecule has 0 unspecified atom stereocenters. The number of nitrogens with one attached hydrogen (secondary N) is 2. The minimum atomic E-state index is -1.24. The highest BCUT2D eigenvalue weighted by Crippen LogP contribution is 2.14. The van der Waals surface area contributed by atoms with Crippen LogP contribution in [0.15, 0.2) is 24.3 Å². The van der Waals surface area contributed by atoms with Crippen LogP contribution in [0.25, 0.3) is 0 Å². The molecule has 6 heteroatoms. The highest BCUT2D eigenvalue weighted by Gasteiger charge is 2.03. The van der Waals surface area contributed by atoms with E-state index in [1.807, 2.05) is 5.32 Å². The van der Waals surface area contributed by atoms with E-state index in [2.05, 4.69) is 5.32 Å². The summed E-state index contributed by atoms with van der Waals surface area (Å²) in [5, 5.41) is 13.2. The van der Waals surface area contributed by atoms with Crippen LogP contribution in [0.1, 0.15) is 0 Å². The van der Waals surface area contributed by atoms with E-state index in [1.165, 1.54) is 0 Å². The lowest BCUT2D eigenvalue weighted by Gasteiger charge is -2.04. The fourth-order valence-electron chi connectivity index (χ4n) is 0.927. The van der Waals surface area contributed by atoms with Gasteiger partial charge in [-0.25, -0.2) is 4.79 Å².